The Hall–Kier alpha value is -0.410. The summed E-state index contributed by atoms with van der Waals surface area (Å²) in [6.07, 6.45) is 4.28. The van der Waals surface area contributed by atoms with Crippen molar-refractivity contribution in [3.63, 3.8) is 0 Å². The number of likely N-dealkylation sites (N-methyl/N-ethyl adjacent to an activating group) is 1. The summed E-state index contributed by atoms with van der Waals surface area (Å²) in [7, 11) is 2.05. The molecule has 1 fully saturated rings. The number of hydrogen-bond acceptors (Lipinski definition) is 2. The molecule has 0 amide bonds. The van der Waals surface area contributed by atoms with Crippen molar-refractivity contribution in [3.8, 4) is 0 Å². The van der Waals surface area contributed by atoms with Gasteiger partial charge in [0, 0.05) is 28.8 Å². The minimum absolute atomic E-state index is 0.591. The molecular weight excluding hydrogens is 252 g/mol. The maximum Gasteiger partial charge on any atom is 0.0420 e. The first-order valence-corrected chi connectivity index (χ1v) is 6.27. The van der Waals surface area contributed by atoms with E-state index in [0.717, 1.165) is 22.7 Å². The quantitative estimate of drug-likeness (QED) is 0.908. The Balaban J connectivity index is 1.97. The van der Waals surface area contributed by atoms with Gasteiger partial charge in [-0.2, -0.15) is 0 Å². The van der Waals surface area contributed by atoms with Crippen LogP contribution in [-0.2, 0) is 6.42 Å². The lowest BCUT2D eigenvalue weighted by Gasteiger charge is -2.15. The van der Waals surface area contributed by atoms with Gasteiger partial charge in [0.15, 0.2) is 0 Å². The number of aromatic nitrogens is 1. The number of nitrogens with zero attached hydrogens (tertiary/aromatic N) is 1. The largest absolute Gasteiger partial charge is 0.316 e. The molecule has 2 nitrogen and oxygen atoms in total. The monoisotopic (exact) mass is 268 g/mol. The molecule has 0 bridgehead atoms. The van der Waals surface area contributed by atoms with E-state index >= 15 is 0 Å². The molecule has 1 aromatic rings. The van der Waals surface area contributed by atoms with Crippen molar-refractivity contribution < 1.29 is 0 Å². The van der Waals surface area contributed by atoms with E-state index < -0.39 is 0 Å². The molecule has 1 saturated carbocycles. The molecule has 1 N–H and O–H groups in total. The number of hydrogen-bond donors (Lipinski definition) is 1. The molecule has 3 atom stereocenters. The van der Waals surface area contributed by atoms with E-state index in [1.807, 2.05) is 6.20 Å². The first kappa shape index (κ1) is 11.1. The van der Waals surface area contributed by atoms with Gasteiger partial charge in [0.25, 0.3) is 0 Å². The van der Waals surface area contributed by atoms with Gasteiger partial charge < -0.3 is 5.32 Å². The van der Waals surface area contributed by atoms with E-state index in [9.17, 15) is 0 Å². The lowest BCUT2D eigenvalue weighted by atomic mass is 10.1. The SMILES string of the molecule is CNC(Cc1ccc(Br)cn1)C1CC1C. The molecule has 1 aromatic heterocycles. The van der Waals surface area contributed by atoms with Crippen molar-refractivity contribution in [2.45, 2.75) is 25.8 Å². The van der Waals surface area contributed by atoms with Crippen LogP contribution >= 0.6 is 15.9 Å². The Kier molecular flexibility index (Phi) is 3.42. The fourth-order valence-corrected chi connectivity index (χ4v) is 2.37. The zero-order valence-corrected chi connectivity index (χ0v) is 10.8. The third-order valence-corrected chi connectivity index (χ3v) is 3.75. The average Bonchev–Trinajstić information content (AvgIpc) is 2.95. The van der Waals surface area contributed by atoms with Crippen LogP contribution in [0, 0.1) is 11.8 Å². The lowest BCUT2D eigenvalue weighted by Crippen LogP contribution is -2.30. The summed E-state index contributed by atoms with van der Waals surface area (Å²) >= 11 is 3.40. The second kappa shape index (κ2) is 4.62. The molecular formula is C12H17BrN2. The molecule has 3 unspecified atom stereocenters. The molecule has 0 aliphatic heterocycles. The van der Waals surface area contributed by atoms with Crippen molar-refractivity contribution in [1.29, 1.82) is 0 Å². The Morgan fingerprint density at radius 2 is 2.33 bits per heavy atom. The second-order valence-corrected chi connectivity index (χ2v) is 5.36. The van der Waals surface area contributed by atoms with Gasteiger partial charge >= 0.3 is 0 Å². The van der Waals surface area contributed by atoms with Crippen LogP contribution in [0.5, 0.6) is 0 Å². The predicted octanol–water partition coefficient (Wildman–Crippen LogP) is 2.63. The maximum atomic E-state index is 4.41. The fourth-order valence-electron chi connectivity index (χ4n) is 2.13. The van der Waals surface area contributed by atoms with Gasteiger partial charge in [0.1, 0.15) is 0 Å². The summed E-state index contributed by atoms with van der Waals surface area (Å²) in [6, 6.07) is 4.75. The van der Waals surface area contributed by atoms with Gasteiger partial charge in [-0.05, 0) is 53.4 Å². The van der Waals surface area contributed by atoms with Crippen molar-refractivity contribution in [2.24, 2.45) is 11.8 Å². The molecule has 1 aliphatic carbocycles. The van der Waals surface area contributed by atoms with Gasteiger partial charge in [-0.25, -0.2) is 0 Å². The fraction of sp³-hybridized carbons (Fsp3) is 0.583. The molecule has 15 heavy (non-hydrogen) atoms. The van der Waals surface area contributed by atoms with Crippen LogP contribution in [0.3, 0.4) is 0 Å². The van der Waals surface area contributed by atoms with Gasteiger partial charge in [-0.3, -0.25) is 4.98 Å². The van der Waals surface area contributed by atoms with Gasteiger partial charge in [-0.15, -0.1) is 0 Å². The average molecular weight is 269 g/mol. The minimum atomic E-state index is 0.591. The van der Waals surface area contributed by atoms with Crippen LogP contribution in [-0.4, -0.2) is 18.1 Å². The molecule has 0 spiro atoms. The second-order valence-electron chi connectivity index (χ2n) is 4.44. The van der Waals surface area contributed by atoms with Crippen LogP contribution in [0.1, 0.15) is 19.0 Å². The van der Waals surface area contributed by atoms with E-state index in [1.54, 1.807) is 0 Å². The normalized spacial score (nSPS) is 26.3. The van der Waals surface area contributed by atoms with E-state index in [2.05, 4.69) is 52.3 Å². The molecule has 0 radical (unpaired) electrons. The first-order valence-electron chi connectivity index (χ1n) is 5.48. The van der Waals surface area contributed by atoms with E-state index in [1.165, 1.54) is 12.1 Å². The van der Waals surface area contributed by atoms with E-state index in [0.29, 0.717) is 6.04 Å². The van der Waals surface area contributed by atoms with Gasteiger partial charge in [-0.1, -0.05) is 6.92 Å². The Morgan fingerprint density at radius 3 is 2.80 bits per heavy atom. The summed E-state index contributed by atoms with van der Waals surface area (Å²) in [4.78, 5) is 4.41. The molecule has 0 aromatic carbocycles. The number of rotatable bonds is 4. The molecule has 1 heterocycles. The Labute approximate surface area is 99.6 Å². The lowest BCUT2D eigenvalue weighted by molar-refractivity contribution is 0.475. The predicted molar refractivity (Wildman–Crippen MR) is 65.8 cm³/mol. The zero-order valence-electron chi connectivity index (χ0n) is 9.20. The molecule has 3 heteroatoms. The van der Waals surface area contributed by atoms with Crippen LogP contribution in [0.4, 0.5) is 0 Å². The first-order chi connectivity index (χ1) is 7.20. The molecule has 82 valence electrons. The standard InChI is InChI=1S/C12H17BrN2/c1-8-5-11(8)12(14-2)6-10-4-3-9(13)7-15-10/h3-4,7-8,11-12,14H,5-6H2,1-2H3. The van der Waals surface area contributed by atoms with E-state index in [4.69, 9.17) is 0 Å². The molecule has 0 saturated heterocycles. The summed E-state index contributed by atoms with van der Waals surface area (Å²) in [6.45, 7) is 2.32. The maximum absolute atomic E-state index is 4.41. The smallest absolute Gasteiger partial charge is 0.0420 e. The third kappa shape index (κ3) is 2.79. The highest BCUT2D eigenvalue weighted by Gasteiger charge is 2.38. The topological polar surface area (TPSA) is 24.9 Å². The highest BCUT2D eigenvalue weighted by molar-refractivity contribution is 9.10. The van der Waals surface area contributed by atoms with Gasteiger partial charge in [0.2, 0.25) is 0 Å². The number of nitrogens with one attached hydrogen (secondary N) is 1. The summed E-state index contributed by atoms with van der Waals surface area (Å²) in [5.74, 6) is 1.73. The molecule has 1 aliphatic rings. The highest BCUT2D eigenvalue weighted by atomic mass is 79.9. The third-order valence-electron chi connectivity index (χ3n) is 3.28. The summed E-state index contributed by atoms with van der Waals surface area (Å²) < 4.78 is 1.05. The minimum Gasteiger partial charge on any atom is -0.316 e. The summed E-state index contributed by atoms with van der Waals surface area (Å²) in [5.41, 5.74) is 1.18. The zero-order chi connectivity index (χ0) is 10.8. The van der Waals surface area contributed by atoms with Crippen molar-refractivity contribution in [3.05, 3.63) is 28.5 Å². The summed E-state index contributed by atoms with van der Waals surface area (Å²) in [5, 5.41) is 3.41. The van der Waals surface area contributed by atoms with Crippen LogP contribution in [0.25, 0.3) is 0 Å². The molecule has 2 rings (SSSR count). The highest BCUT2D eigenvalue weighted by Crippen LogP contribution is 2.41. The van der Waals surface area contributed by atoms with Crippen molar-refractivity contribution in [1.82, 2.24) is 10.3 Å². The van der Waals surface area contributed by atoms with Crippen molar-refractivity contribution >= 4 is 15.9 Å². The van der Waals surface area contributed by atoms with Crippen LogP contribution < -0.4 is 5.32 Å². The van der Waals surface area contributed by atoms with Gasteiger partial charge in [0.05, 0.1) is 0 Å². The van der Waals surface area contributed by atoms with E-state index in [-0.39, 0.29) is 0 Å². The van der Waals surface area contributed by atoms with Crippen LogP contribution in [0.2, 0.25) is 0 Å². The number of pyridine rings is 1. The number of halogens is 1. The Morgan fingerprint density at radius 1 is 1.60 bits per heavy atom. The van der Waals surface area contributed by atoms with Crippen molar-refractivity contribution in [2.75, 3.05) is 7.05 Å². The Bertz CT molecular complexity index is 323. The van der Waals surface area contributed by atoms with Crippen LogP contribution in [0.15, 0.2) is 22.8 Å².